The SMILES string of the molecule is Cc1cc(N(C)C(=O)c2cc(C#N)ccn2)ccc1F. The molecule has 0 bridgehead atoms. The van der Waals surface area contributed by atoms with Crippen LogP contribution in [0.2, 0.25) is 0 Å². The number of aryl methyl sites for hydroxylation is 1. The van der Waals surface area contributed by atoms with Crippen molar-refractivity contribution in [1.82, 2.24) is 4.98 Å². The first-order valence-corrected chi connectivity index (χ1v) is 5.93. The van der Waals surface area contributed by atoms with Gasteiger partial charge in [-0.3, -0.25) is 9.78 Å². The topological polar surface area (TPSA) is 57.0 Å². The first-order chi connectivity index (χ1) is 9.52. The van der Waals surface area contributed by atoms with Crippen molar-refractivity contribution in [3.63, 3.8) is 0 Å². The predicted octanol–water partition coefficient (Wildman–Crippen LogP) is 2.68. The van der Waals surface area contributed by atoms with Crippen LogP contribution in [0.1, 0.15) is 21.6 Å². The summed E-state index contributed by atoms with van der Waals surface area (Å²) in [6.45, 7) is 1.63. The molecule has 1 aromatic heterocycles. The van der Waals surface area contributed by atoms with Gasteiger partial charge in [-0.1, -0.05) is 0 Å². The number of hydrogen-bond donors (Lipinski definition) is 0. The number of hydrogen-bond acceptors (Lipinski definition) is 3. The van der Waals surface area contributed by atoms with Gasteiger partial charge < -0.3 is 4.90 Å². The number of nitriles is 1. The molecule has 4 nitrogen and oxygen atoms in total. The van der Waals surface area contributed by atoms with Crippen molar-refractivity contribution in [3.05, 3.63) is 59.2 Å². The lowest BCUT2D eigenvalue weighted by atomic mass is 10.2. The van der Waals surface area contributed by atoms with E-state index in [1.54, 1.807) is 20.0 Å². The molecule has 1 amide bonds. The van der Waals surface area contributed by atoms with Crippen LogP contribution in [0.15, 0.2) is 36.5 Å². The largest absolute Gasteiger partial charge is 0.310 e. The predicted molar refractivity (Wildman–Crippen MR) is 72.8 cm³/mol. The quantitative estimate of drug-likeness (QED) is 0.842. The van der Waals surface area contributed by atoms with E-state index in [0.717, 1.165) is 0 Å². The summed E-state index contributed by atoms with van der Waals surface area (Å²) < 4.78 is 13.2. The van der Waals surface area contributed by atoms with Crippen LogP contribution in [-0.4, -0.2) is 17.9 Å². The minimum atomic E-state index is -0.354. The minimum absolute atomic E-state index is 0.175. The Morgan fingerprint density at radius 2 is 2.10 bits per heavy atom. The van der Waals surface area contributed by atoms with Gasteiger partial charge in [-0.2, -0.15) is 5.26 Å². The maximum Gasteiger partial charge on any atom is 0.276 e. The monoisotopic (exact) mass is 269 g/mol. The van der Waals surface area contributed by atoms with Crippen molar-refractivity contribution in [2.45, 2.75) is 6.92 Å². The second-order valence-electron chi connectivity index (χ2n) is 4.34. The zero-order valence-corrected chi connectivity index (χ0v) is 11.1. The number of carbonyl (C=O) groups is 1. The number of nitrogens with zero attached hydrogens (tertiary/aromatic N) is 3. The van der Waals surface area contributed by atoms with E-state index in [2.05, 4.69) is 4.98 Å². The molecule has 0 aliphatic carbocycles. The normalized spacial score (nSPS) is 9.90. The third kappa shape index (κ3) is 2.64. The molecule has 1 aromatic carbocycles. The average Bonchev–Trinajstić information content (AvgIpc) is 2.48. The highest BCUT2D eigenvalue weighted by molar-refractivity contribution is 6.04. The van der Waals surface area contributed by atoms with Crippen molar-refractivity contribution in [1.29, 1.82) is 5.26 Å². The van der Waals surface area contributed by atoms with Gasteiger partial charge in [-0.15, -0.1) is 0 Å². The Hall–Kier alpha value is -2.74. The molecule has 0 radical (unpaired) electrons. The summed E-state index contributed by atoms with van der Waals surface area (Å²) in [6.07, 6.45) is 1.41. The summed E-state index contributed by atoms with van der Waals surface area (Å²) in [5.74, 6) is -0.674. The van der Waals surface area contributed by atoms with Crippen LogP contribution < -0.4 is 4.90 Å². The Morgan fingerprint density at radius 3 is 2.75 bits per heavy atom. The minimum Gasteiger partial charge on any atom is -0.310 e. The first kappa shape index (κ1) is 13.7. The van der Waals surface area contributed by atoms with E-state index in [-0.39, 0.29) is 17.4 Å². The lowest BCUT2D eigenvalue weighted by Crippen LogP contribution is -2.27. The van der Waals surface area contributed by atoms with Gasteiger partial charge in [0, 0.05) is 18.9 Å². The lowest BCUT2D eigenvalue weighted by molar-refractivity contribution is 0.0988. The molecule has 0 saturated carbocycles. The Labute approximate surface area is 116 Å². The highest BCUT2D eigenvalue weighted by atomic mass is 19.1. The molecule has 0 spiro atoms. The number of aromatic nitrogens is 1. The molecule has 0 atom stereocenters. The van der Waals surface area contributed by atoms with Crippen molar-refractivity contribution in [2.24, 2.45) is 0 Å². The molecule has 0 aliphatic rings. The number of amides is 1. The Morgan fingerprint density at radius 1 is 1.35 bits per heavy atom. The second-order valence-corrected chi connectivity index (χ2v) is 4.34. The van der Waals surface area contributed by atoms with E-state index in [1.165, 1.54) is 35.4 Å². The molecular formula is C15H12FN3O. The van der Waals surface area contributed by atoms with E-state index in [4.69, 9.17) is 5.26 Å². The van der Waals surface area contributed by atoms with Gasteiger partial charge in [0.2, 0.25) is 0 Å². The smallest absolute Gasteiger partial charge is 0.276 e. The molecule has 0 N–H and O–H groups in total. The highest BCUT2D eigenvalue weighted by Crippen LogP contribution is 2.18. The zero-order chi connectivity index (χ0) is 14.7. The average molecular weight is 269 g/mol. The number of halogens is 1. The van der Waals surface area contributed by atoms with Crippen LogP contribution in [0.5, 0.6) is 0 Å². The second kappa shape index (κ2) is 5.49. The first-order valence-electron chi connectivity index (χ1n) is 5.93. The molecule has 0 aliphatic heterocycles. The molecule has 2 rings (SSSR count). The van der Waals surface area contributed by atoms with Gasteiger partial charge >= 0.3 is 0 Å². The summed E-state index contributed by atoms with van der Waals surface area (Å²) in [4.78, 5) is 17.6. The summed E-state index contributed by atoms with van der Waals surface area (Å²) in [7, 11) is 1.58. The molecule has 0 saturated heterocycles. The third-order valence-electron chi connectivity index (χ3n) is 2.94. The molecular weight excluding hydrogens is 257 g/mol. The Balaban J connectivity index is 2.32. The van der Waals surface area contributed by atoms with E-state index in [1.807, 2.05) is 6.07 Å². The van der Waals surface area contributed by atoms with Gasteiger partial charge in [0.15, 0.2) is 0 Å². The number of pyridine rings is 1. The van der Waals surface area contributed by atoms with Crippen LogP contribution in [0.3, 0.4) is 0 Å². The van der Waals surface area contributed by atoms with Crippen LogP contribution in [-0.2, 0) is 0 Å². The molecule has 0 unspecified atom stereocenters. The van der Waals surface area contributed by atoms with Crippen molar-refractivity contribution in [2.75, 3.05) is 11.9 Å². The van der Waals surface area contributed by atoms with Crippen LogP contribution in [0, 0.1) is 24.1 Å². The van der Waals surface area contributed by atoms with E-state index in [9.17, 15) is 9.18 Å². The molecule has 100 valence electrons. The zero-order valence-electron chi connectivity index (χ0n) is 11.1. The highest BCUT2D eigenvalue weighted by Gasteiger charge is 2.16. The number of rotatable bonds is 2. The van der Waals surface area contributed by atoms with E-state index >= 15 is 0 Å². The van der Waals surface area contributed by atoms with Crippen LogP contribution in [0.4, 0.5) is 10.1 Å². The van der Waals surface area contributed by atoms with Crippen molar-refractivity contribution < 1.29 is 9.18 Å². The number of anilines is 1. The van der Waals surface area contributed by atoms with Gasteiger partial charge in [-0.25, -0.2) is 4.39 Å². The number of benzene rings is 1. The van der Waals surface area contributed by atoms with Gasteiger partial charge in [0.05, 0.1) is 11.6 Å². The fourth-order valence-electron chi connectivity index (χ4n) is 1.74. The maximum atomic E-state index is 13.2. The fraction of sp³-hybridized carbons (Fsp3) is 0.133. The molecule has 2 aromatic rings. The molecule has 5 heteroatoms. The van der Waals surface area contributed by atoms with E-state index < -0.39 is 0 Å². The molecule has 0 fully saturated rings. The van der Waals surface area contributed by atoms with Gasteiger partial charge in [-0.05, 0) is 42.8 Å². The third-order valence-corrected chi connectivity index (χ3v) is 2.94. The Bertz CT molecular complexity index is 707. The van der Waals surface area contributed by atoms with Crippen molar-refractivity contribution in [3.8, 4) is 6.07 Å². The summed E-state index contributed by atoms with van der Waals surface area (Å²) in [5, 5.41) is 8.82. The fourth-order valence-corrected chi connectivity index (χ4v) is 1.74. The lowest BCUT2D eigenvalue weighted by Gasteiger charge is -2.17. The summed E-state index contributed by atoms with van der Waals surface area (Å²) >= 11 is 0. The van der Waals surface area contributed by atoms with Crippen LogP contribution >= 0.6 is 0 Å². The summed E-state index contributed by atoms with van der Waals surface area (Å²) in [5.41, 5.74) is 1.57. The molecule has 20 heavy (non-hydrogen) atoms. The summed E-state index contributed by atoms with van der Waals surface area (Å²) in [6, 6.07) is 9.33. The van der Waals surface area contributed by atoms with Crippen LogP contribution in [0.25, 0.3) is 0 Å². The van der Waals surface area contributed by atoms with Gasteiger partial charge in [0.25, 0.3) is 5.91 Å². The Kier molecular flexibility index (Phi) is 3.76. The number of carbonyl (C=O) groups excluding carboxylic acids is 1. The van der Waals surface area contributed by atoms with Gasteiger partial charge in [0.1, 0.15) is 11.5 Å². The maximum absolute atomic E-state index is 13.2. The standard InChI is InChI=1S/C15H12FN3O/c1-10-7-12(3-4-13(10)16)19(2)15(20)14-8-11(9-17)5-6-18-14/h3-8H,1-2H3. The molecule has 1 heterocycles. The van der Waals surface area contributed by atoms with E-state index in [0.29, 0.717) is 16.8 Å². The van der Waals surface area contributed by atoms with Crippen molar-refractivity contribution >= 4 is 11.6 Å².